The molecular weight excluding hydrogens is 1190 g/mol. The van der Waals surface area contributed by atoms with Gasteiger partial charge in [0.1, 0.15) is 63.7 Å². The zero-order chi connectivity index (χ0) is 67.5. The van der Waals surface area contributed by atoms with Gasteiger partial charge in [0, 0.05) is 94.6 Å². The summed E-state index contributed by atoms with van der Waals surface area (Å²) in [6.45, 7) is 16.4. The summed E-state index contributed by atoms with van der Waals surface area (Å²) in [5.74, 6) is -1.61. The average molecular weight is 1270 g/mol. The van der Waals surface area contributed by atoms with Crippen LogP contribution in [0.3, 0.4) is 0 Å². The van der Waals surface area contributed by atoms with Gasteiger partial charge < -0.3 is 77.4 Å². The Morgan fingerprint density at radius 3 is 1.37 bits per heavy atom. The molecule has 0 radical (unpaired) electrons. The number of amides is 2. The van der Waals surface area contributed by atoms with Gasteiger partial charge in [-0.25, -0.2) is 19.2 Å². The fraction of sp³-hybridized carbons (Fsp3) is 0.557. The first kappa shape index (κ1) is 75.6. The van der Waals surface area contributed by atoms with Gasteiger partial charge in [-0.05, 0) is 122 Å². The summed E-state index contributed by atoms with van der Waals surface area (Å²) in [7, 11) is 0. The number of Topliss-reactive ketones (excluding diaryl/α,β-unsaturated/α-hetero) is 2. The van der Waals surface area contributed by atoms with Crippen molar-refractivity contribution in [3.05, 3.63) is 80.5 Å². The van der Waals surface area contributed by atoms with Crippen LogP contribution in [0, 0.1) is 0 Å². The maximum Gasteiger partial charge on any atom is 0.407 e. The molecule has 9 unspecified atom stereocenters. The highest BCUT2D eigenvalue weighted by Crippen LogP contribution is 2.33. The summed E-state index contributed by atoms with van der Waals surface area (Å²) in [6.07, 6.45) is -7.31. The Bertz CT molecular complexity index is 3240. The number of fused-ring (bicyclic) bond motifs is 2. The maximum atomic E-state index is 12.6. The van der Waals surface area contributed by atoms with E-state index in [0.29, 0.717) is 86.4 Å². The first-order valence-corrected chi connectivity index (χ1v) is 28.5. The minimum absolute atomic E-state index is 0.0121. The molecule has 2 aromatic carbocycles. The van der Waals surface area contributed by atoms with Gasteiger partial charge in [0.15, 0.2) is 12.2 Å². The van der Waals surface area contributed by atoms with E-state index in [9.17, 15) is 58.5 Å². The van der Waals surface area contributed by atoms with Crippen LogP contribution in [-0.2, 0) is 89.2 Å². The number of ether oxygens (including phenoxy) is 9. The molecule has 2 aliphatic rings. The molecule has 4 aromatic rings. The zero-order valence-corrected chi connectivity index (χ0v) is 51.6. The topological polar surface area (TPSA) is 416 Å². The van der Waals surface area contributed by atoms with Crippen LogP contribution in [0.5, 0.6) is 11.5 Å². The standard InChI is InChI=1S/C33H43NO13.C26H35NO10.2CO2/c1-18-28(42-19(2)35)29(43-20(3)36)30(44-21(4)37)31(41-18)45-24-13-14-25-22(16-27(39)46-26(25)17-24)11-12-23(38)10-8-9-15-34-32(40)47-33(5,6)7;1-26(2,3)37-25(33)27-11-5-4-6-16(28)8-7-15-12-21(30)36-20-13-17(9-10-18(15)20)35-24-23(32)22(31)19(29)14-34-24;2*2-1-3/h13-14,16-18,28-31H,8-12,15H2,1-7H3,(H,34,40);9-10,12-13,19,22-24,29,31-32H,4-8,11,14H2,1-3H3,(H,27,33);;. The summed E-state index contributed by atoms with van der Waals surface area (Å²) in [4.78, 5) is 141. The maximum absolute atomic E-state index is 12.6. The van der Waals surface area contributed by atoms with E-state index in [-0.39, 0.29) is 66.0 Å². The van der Waals surface area contributed by atoms with Crippen molar-refractivity contribution in [1.82, 2.24) is 10.6 Å². The van der Waals surface area contributed by atoms with Crippen molar-refractivity contribution in [3.8, 4) is 11.5 Å². The predicted molar refractivity (Wildman–Crippen MR) is 308 cm³/mol. The minimum Gasteiger partial charge on any atom is -0.462 e. The quantitative estimate of drug-likeness (QED) is 0.0294. The number of unbranched alkanes of at least 4 members (excludes halogenated alkanes) is 2. The molecule has 5 N–H and O–H groups in total. The normalized spacial score (nSPS) is 20.2. The number of ketones is 2. The highest BCUT2D eigenvalue weighted by atomic mass is 16.7. The van der Waals surface area contributed by atoms with E-state index in [1.807, 2.05) is 0 Å². The van der Waals surface area contributed by atoms with Gasteiger partial charge in [-0.3, -0.25) is 24.0 Å². The van der Waals surface area contributed by atoms with Gasteiger partial charge in [0.05, 0.1) is 12.7 Å². The molecule has 2 saturated heterocycles. The van der Waals surface area contributed by atoms with Crippen molar-refractivity contribution in [2.75, 3.05) is 19.7 Å². The van der Waals surface area contributed by atoms with Crippen molar-refractivity contribution >= 4 is 75.9 Å². The number of carbonyl (C=O) groups is 7. The number of aliphatic hydroxyl groups is 3. The van der Waals surface area contributed by atoms with Gasteiger partial charge in [-0.15, -0.1) is 0 Å². The SMILES string of the molecule is CC(=O)OC1C(C)OC(Oc2ccc3c(CCC(=O)CCCCNC(=O)OC(C)(C)C)cc(=O)oc3c2)C(OC(C)=O)C1OC(C)=O.CC(C)(C)OC(=O)NCCCCC(=O)CCc1cc(=O)oc2cc(OC3OCC(O)C(O)C3O)ccc12.O=C=O.O=C=O. The number of rotatable bonds is 23. The predicted octanol–water partition coefficient (Wildman–Crippen LogP) is 4.55. The molecule has 494 valence electrons. The number of carbonyl (C=O) groups excluding carboxylic acids is 11. The lowest BCUT2D eigenvalue weighted by atomic mass is 9.98. The fourth-order valence-electron chi connectivity index (χ4n) is 8.90. The van der Waals surface area contributed by atoms with Crippen molar-refractivity contribution in [1.29, 1.82) is 0 Å². The number of nitrogens with one attached hydrogen (secondary N) is 2. The summed E-state index contributed by atoms with van der Waals surface area (Å²) < 4.78 is 59.9. The average Bonchev–Trinajstić information content (AvgIpc) is 1.25. The first-order chi connectivity index (χ1) is 42.3. The van der Waals surface area contributed by atoms with Crippen molar-refractivity contribution in [2.45, 2.75) is 200 Å². The van der Waals surface area contributed by atoms with Gasteiger partial charge >= 0.3 is 53.6 Å². The number of aryl methyl sites for hydroxylation is 2. The fourth-order valence-corrected chi connectivity index (χ4v) is 8.90. The molecule has 0 saturated carbocycles. The Morgan fingerprint density at radius 1 is 0.556 bits per heavy atom. The van der Waals surface area contributed by atoms with Gasteiger partial charge in [0.2, 0.25) is 18.7 Å². The summed E-state index contributed by atoms with van der Waals surface area (Å²) in [5, 5.41) is 36.0. The Balaban J connectivity index is 0.000000442. The molecule has 90 heavy (non-hydrogen) atoms. The van der Waals surface area contributed by atoms with Crippen LogP contribution in [0.25, 0.3) is 21.9 Å². The largest absolute Gasteiger partial charge is 0.462 e. The van der Waals surface area contributed by atoms with Crippen LogP contribution in [0.15, 0.2) is 67.0 Å². The second-order valence-corrected chi connectivity index (χ2v) is 22.4. The van der Waals surface area contributed by atoms with E-state index in [1.165, 1.54) is 31.2 Å². The number of hydrogen-bond acceptors (Lipinski definition) is 27. The molecule has 29 nitrogen and oxygen atoms in total. The Labute approximate surface area is 516 Å². The number of alkyl carbamates (subject to hydrolysis) is 2. The highest BCUT2D eigenvalue weighted by Gasteiger charge is 2.51. The molecule has 0 bridgehead atoms. The molecule has 2 amide bonds. The lowest BCUT2D eigenvalue weighted by Crippen LogP contribution is -2.62. The van der Waals surface area contributed by atoms with E-state index in [0.717, 1.165) is 13.8 Å². The van der Waals surface area contributed by atoms with E-state index in [1.54, 1.807) is 72.7 Å². The Morgan fingerprint density at radius 2 is 0.956 bits per heavy atom. The number of benzene rings is 2. The van der Waals surface area contributed by atoms with Gasteiger partial charge in [-0.2, -0.15) is 19.2 Å². The van der Waals surface area contributed by atoms with E-state index < -0.39 is 108 Å². The van der Waals surface area contributed by atoms with Crippen LogP contribution in [0.2, 0.25) is 0 Å². The van der Waals surface area contributed by atoms with Crippen LogP contribution < -0.4 is 31.4 Å². The smallest absolute Gasteiger partial charge is 0.407 e. The molecule has 2 fully saturated rings. The molecule has 9 atom stereocenters. The summed E-state index contributed by atoms with van der Waals surface area (Å²) >= 11 is 0. The molecule has 2 aromatic heterocycles. The van der Waals surface area contributed by atoms with Crippen LogP contribution in [0.4, 0.5) is 9.59 Å². The third-order valence-corrected chi connectivity index (χ3v) is 12.6. The van der Waals surface area contributed by atoms with Crippen LogP contribution in [-0.4, -0.2) is 155 Å². The van der Waals surface area contributed by atoms with Crippen LogP contribution in [0.1, 0.15) is 132 Å². The van der Waals surface area contributed by atoms with Crippen LogP contribution >= 0.6 is 0 Å². The molecular formula is C61H78N2O27. The van der Waals surface area contributed by atoms with E-state index in [4.69, 9.17) is 70.6 Å². The first-order valence-electron chi connectivity index (χ1n) is 28.5. The monoisotopic (exact) mass is 1270 g/mol. The highest BCUT2D eigenvalue weighted by molar-refractivity contribution is 5.85. The van der Waals surface area contributed by atoms with Crippen molar-refractivity contribution in [2.24, 2.45) is 0 Å². The number of esters is 3. The van der Waals surface area contributed by atoms with Gasteiger partial charge in [-0.1, -0.05) is 0 Å². The van der Waals surface area contributed by atoms with E-state index >= 15 is 0 Å². The van der Waals surface area contributed by atoms with Gasteiger partial charge in [0.25, 0.3) is 0 Å². The molecule has 6 rings (SSSR count). The molecule has 0 aliphatic carbocycles. The minimum atomic E-state index is -1.46. The third-order valence-electron chi connectivity index (χ3n) is 12.6. The third kappa shape index (κ3) is 27.0. The lowest BCUT2D eigenvalue weighted by Gasteiger charge is -2.43. The summed E-state index contributed by atoms with van der Waals surface area (Å²) in [6, 6.07) is 12.1. The Kier molecular flexibility index (Phi) is 30.8. The summed E-state index contributed by atoms with van der Waals surface area (Å²) in [5.41, 5.74) is -0.643. The zero-order valence-electron chi connectivity index (χ0n) is 51.6. The van der Waals surface area contributed by atoms with Crippen molar-refractivity contribution in [3.63, 3.8) is 0 Å². The lowest BCUT2D eigenvalue weighted by molar-refractivity contribution is -0.280. The molecule has 4 heterocycles. The molecule has 0 spiro atoms. The van der Waals surface area contributed by atoms with E-state index in [2.05, 4.69) is 10.6 Å². The second kappa shape index (κ2) is 36.7. The number of aliphatic hydroxyl groups excluding tert-OH is 3. The molecule has 29 heteroatoms. The molecule has 2 aliphatic heterocycles. The van der Waals surface area contributed by atoms with Crippen molar-refractivity contribution < 1.29 is 120 Å². The second-order valence-electron chi connectivity index (χ2n) is 22.4. The Hall–Kier alpha value is -8.69. The number of hydrogen-bond donors (Lipinski definition) is 5.